The second-order valence-corrected chi connectivity index (χ2v) is 4.81. The van der Waals surface area contributed by atoms with E-state index in [0.717, 1.165) is 18.4 Å². The molecule has 0 saturated heterocycles. The lowest BCUT2D eigenvalue weighted by Crippen LogP contribution is -2.23. The summed E-state index contributed by atoms with van der Waals surface area (Å²) in [6.07, 6.45) is 0. The third kappa shape index (κ3) is 4.79. The van der Waals surface area contributed by atoms with Crippen molar-refractivity contribution in [2.75, 3.05) is 11.9 Å². The van der Waals surface area contributed by atoms with Gasteiger partial charge >= 0.3 is 0 Å². The van der Waals surface area contributed by atoms with E-state index in [1.54, 1.807) is 0 Å². The van der Waals surface area contributed by atoms with Gasteiger partial charge in [0.05, 0.1) is 0 Å². The zero-order chi connectivity index (χ0) is 9.52. The maximum atomic E-state index is 3.54. The molecule has 0 bridgehead atoms. The first-order valence-corrected chi connectivity index (χ1v) is 6.31. The lowest BCUT2D eigenvalue weighted by atomic mass is 10.2. The van der Waals surface area contributed by atoms with Gasteiger partial charge in [0, 0.05) is 23.2 Å². The van der Waals surface area contributed by atoms with E-state index < -0.39 is 0 Å². The third-order valence-corrected chi connectivity index (χ3v) is 4.00. The van der Waals surface area contributed by atoms with Crippen LogP contribution >= 0.6 is 31.9 Å². The number of benzene rings is 1. The highest BCUT2D eigenvalue weighted by atomic mass is 79.9. The number of hydrogen-bond acceptors (Lipinski definition) is 1. The van der Waals surface area contributed by atoms with Crippen molar-refractivity contribution in [2.24, 2.45) is 0 Å². The highest BCUT2D eigenvalue weighted by molar-refractivity contribution is 9.12. The summed E-state index contributed by atoms with van der Waals surface area (Å²) < 4.78 is 0. The van der Waals surface area contributed by atoms with Gasteiger partial charge in [-0.3, -0.25) is 0 Å². The van der Waals surface area contributed by atoms with Crippen LogP contribution in [0.1, 0.15) is 5.56 Å². The summed E-state index contributed by atoms with van der Waals surface area (Å²) in [5.74, 6) is 0. The van der Waals surface area contributed by atoms with Gasteiger partial charge in [-0.05, 0) is 5.56 Å². The van der Waals surface area contributed by atoms with Crippen LogP contribution in [0.15, 0.2) is 30.3 Å². The molecule has 1 N–H and O–H groups in total. The number of alkyl halides is 2. The second-order valence-electron chi connectivity index (χ2n) is 2.87. The van der Waals surface area contributed by atoms with E-state index in [-0.39, 0.29) is 0 Å². The van der Waals surface area contributed by atoms with E-state index in [9.17, 15) is 0 Å². The Morgan fingerprint density at radius 3 is 2.54 bits per heavy atom. The molecule has 1 rings (SSSR count). The lowest BCUT2D eigenvalue weighted by molar-refractivity contribution is 0.692. The van der Waals surface area contributed by atoms with E-state index in [0.29, 0.717) is 4.83 Å². The molecular weight excluding hydrogens is 294 g/mol. The number of halogens is 2. The Balaban J connectivity index is 2.20. The third-order valence-electron chi connectivity index (χ3n) is 1.71. The second kappa shape index (κ2) is 6.57. The molecule has 0 aliphatic carbocycles. The average molecular weight is 307 g/mol. The molecule has 0 aliphatic heterocycles. The molecule has 0 amide bonds. The summed E-state index contributed by atoms with van der Waals surface area (Å²) in [7, 11) is 0. The van der Waals surface area contributed by atoms with E-state index in [2.05, 4.69) is 61.4 Å². The SMILES string of the molecule is BrCC(Br)CNCc1ccccc1. The maximum Gasteiger partial charge on any atom is 0.0367 e. The summed E-state index contributed by atoms with van der Waals surface area (Å²) in [6, 6.07) is 10.4. The highest BCUT2D eigenvalue weighted by Gasteiger charge is 1.99. The Hall–Kier alpha value is 0.140. The first kappa shape index (κ1) is 11.2. The quantitative estimate of drug-likeness (QED) is 0.825. The van der Waals surface area contributed by atoms with Crippen molar-refractivity contribution in [3.05, 3.63) is 35.9 Å². The average Bonchev–Trinajstić information content (AvgIpc) is 2.19. The molecule has 0 radical (unpaired) electrons. The summed E-state index contributed by atoms with van der Waals surface area (Å²) in [5, 5.41) is 4.36. The van der Waals surface area contributed by atoms with Crippen molar-refractivity contribution in [3.63, 3.8) is 0 Å². The zero-order valence-electron chi connectivity index (χ0n) is 7.34. The fraction of sp³-hybridized carbons (Fsp3) is 0.400. The molecule has 1 nitrogen and oxygen atoms in total. The summed E-state index contributed by atoms with van der Waals surface area (Å²) in [4.78, 5) is 0.510. The minimum absolute atomic E-state index is 0.510. The molecule has 1 unspecified atom stereocenters. The Morgan fingerprint density at radius 2 is 1.92 bits per heavy atom. The minimum Gasteiger partial charge on any atom is -0.312 e. The van der Waals surface area contributed by atoms with Gasteiger partial charge in [0.25, 0.3) is 0 Å². The first-order chi connectivity index (χ1) is 6.33. The van der Waals surface area contributed by atoms with Crippen LogP contribution < -0.4 is 5.32 Å². The van der Waals surface area contributed by atoms with Crippen molar-refractivity contribution in [1.82, 2.24) is 5.32 Å². The van der Waals surface area contributed by atoms with Gasteiger partial charge in [-0.1, -0.05) is 62.2 Å². The molecule has 0 fully saturated rings. The fourth-order valence-electron chi connectivity index (χ4n) is 1.02. The van der Waals surface area contributed by atoms with E-state index in [1.807, 2.05) is 6.07 Å². The smallest absolute Gasteiger partial charge is 0.0367 e. The lowest BCUT2D eigenvalue weighted by Gasteiger charge is -2.07. The Kier molecular flexibility index (Phi) is 5.67. The van der Waals surface area contributed by atoms with Gasteiger partial charge in [0.2, 0.25) is 0 Å². The highest BCUT2D eigenvalue weighted by Crippen LogP contribution is 2.02. The Morgan fingerprint density at radius 1 is 1.23 bits per heavy atom. The van der Waals surface area contributed by atoms with Crippen molar-refractivity contribution in [2.45, 2.75) is 11.4 Å². The molecule has 0 aromatic heterocycles. The number of nitrogens with one attached hydrogen (secondary N) is 1. The first-order valence-electron chi connectivity index (χ1n) is 4.27. The molecule has 0 aliphatic rings. The van der Waals surface area contributed by atoms with Crippen LogP contribution in [0.2, 0.25) is 0 Å². The molecule has 0 saturated carbocycles. The van der Waals surface area contributed by atoms with E-state index in [4.69, 9.17) is 0 Å². The van der Waals surface area contributed by atoms with Crippen LogP contribution in [-0.2, 0) is 6.54 Å². The Labute approximate surface area is 96.2 Å². The van der Waals surface area contributed by atoms with Gasteiger partial charge in [-0.15, -0.1) is 0 Å². The largest absolute Gasteiger partial charge is 0.312 e. The summed E-state index contributed by atoms with van der Waals surface area (Å²) >= 11 is 6.96. The monoisotopic (exact) mass is 305 g/mol. The van der Waals surface area contributed by atoms with Gasteiger partial charge in [-0.2, -0.15) is 0 Å². The molecular formula is C10H13Br2N. The normalized spacial score (nSPS) is 12.8. The standard InChI is InChI=1S/C10H13Br2N/c11-6-10(12)8-13-7-9-4-2-1-3-5-9/h1-5,10,13H,6-8H2. The molecule has 1 atom stereocenters. The van der Waals surface area contributed by atoms with Crippen LogP contribution in [-0.4, -0.2) is 16.7 Å². The summed E-state index contributed by atoms with van der Waals surface area (Å²) in [6.45, 7) is 1.93. The topological polar surface area (TPSA) is 12.0 Å². The molecule has 1 aromatic rings. The van der Waals surface area contributed by atoms with Crippen molar-refractivity contribution in [1.29, 1.82) is 0 Å². The molecule has 3 heteroatoms. The van der Waals surface area contributed by atoms with Crippen LogP contribution in [0.3, 0.4) is 0 Å². The maximum absolute atomic E-state index is 3.54. The Bertz CT molecular complexity index is 226. The van der Waals surface area contributed by atoms with Crippen LogP contribution in [0.5, 0.6) is 0 Å². The zero-order valence-corrected chi connectivity index (χ0v) is 10.5. The van der Waals surface area contributed by atoms with Crippen molar-refractivity contribution >= 4 is 31.9 Å². The molecule has 1 aromatic carbocycles. The van der Waals surface area contributed by atoms with Crippen molar-refractivity contribution < 1.29 is 0 Å². The molecule has 0 spiro atoms. The number of hydrogen-bond donors (Lipinski definition) is 1. The van der Waals surface area contributed by atoms with Crippen LogP contribution in [0.25, 0.3) is 0 Å². The van der Waals surface area contributed by atoms with Gasteiger partial charge in [0.1, 0.15) is 0 Å². The van der Waals surface area contributed by atoms with Gasteiger partial charge in [-0.25, -0.2) is 0 Å². The fourth-order valence-corrected chi connectivity index (χ4v) is 1.48. The molecule has 72 valence electrons. The van der Waals surface area contributed by atoms with Crippen LogP contribution in [0, 0.1) is 0 Å². The molecule has 13 heavy (non-hydrogen) atoms. The predicted molar refractivity (Wildman–Crippen MR) is 64.7 cm³/mol. The van der Waals surface area contributed by atoms with E-state index in [1.165, 1.54) is 5.56 Å². The van der Waals surface area contributed by atoms with Crippen LogP contribution in [0.4, 0.5) is 0 Å². The minimum atomic E-state index is 0.510. The van der Waals surface area contributed by atoms with Gasteiger partial charge < -0.3 is 5.32 Å². The van der Waals surface area contributed by atoms with Gasteiger partial charge in [0.15, 0.2) is 0 Å². The van der Waals surface area contributed by atoms with E-state index >= 15 is 0 Å². The molecule has 0 heterocycles. The summed E-state index contributed by atoms with van der Waals surface area (Å²) in [5.41, 5.74) is 1.33. The van der Waals surface area contributed by atoms with Crippen molar-refractivity contribution in [3.8, 4) is 0 Å². The number of rotatable bonds is 5. The predicted octanol–water partition coefficient (Wildman–Crippen LogP) is 2.93.